The predicted molar refractivity (Wildman–Crippen MR) is 152 cm³/mol. The van der Waals surface area contributed by atoms with E-state index in [4.69, 9.17) is 4.98 Å². The Morgan fingerprint density at radius 3 is 2.38 bits per heavy atom. The molecule has 0 spiro atoms. The summed E-state index contributed by atoms with van der Waals surface area (Å²) in [5, 5.41) is 10.9. The summed E-state index contributed by atoms with van der Waals surface area (Å²) >= 11 is 3.20. The fraction of sp³-hybridized carbons (Fsp3) is 0.310. The molecule has 0 N–H and O–H groups in total. The van der Waals surface area contributed by atoms with Gasteiger partial charge in [0, 0.05) is 16.3 Å². The number of amides is 1. The molecule has 37 heavy (non-hydrogen) atoms. The molecule has 3 aromatic heterocycles. The first-order valence-electron chi connectivity index (χ1n) is 12.6. The standard InChI is InChI=1S/C29H29N5OS2/c1-29(2,3)19-14-15-22-23(16-19)37-27-25(22)26-31-32-28(33(26)18-30-27)36-17-24(35)34(20-10-6-4-7-11-20)21-12-8-5-9-13-21/h4-13,18-19H,14-17H2,1-3H3/t19-/m1/s1. The summed E-state index contributed by atoms with van der Waals surface area (Å²) in [6.45, 7) is 7.02. The van der Waals surface area contributed by atoms with Crippen LogP contribution in [0.15, 0.2) is 72.1 Å². The SMILES string of the molecule is CC(C)(C)[C@@H]1CCc2c(sc3ncn4c(SCC(=O)N(c5ccccc5)c5ccccc5)nnc4c23)C1. The van der Waals surface area contributed by atoms with Gasteiger partial charge in [-0.15, -0.1) is 21.5 Å². The highest BCUT2D eigenvalue weighted by Gasteiger charge is 2.32. The number of carbonyl (C=O) groups is 1. The van der Waals surface area contributed by atoms with Gasteiger partial charge in [-0.1, -0.05) is 68.9 Å². The minimum atomic E-state index is -0.0191. The van der Waals surface area contributed by atoms with Crippen molar-refractivity contribution < 1.29 is 4.79 Å². The molecule has 1 aliphatic rings. The van der Waals surface area contributed by atoms with Gasteiger partial charge in [0.25, 0.3) is 0 Å². The summed E-state index contributed by atoms with van der Waals surface area (Å²) < 4.78 is 1.94. The van der Waals surface area contributed by atoms with Gasteiger partial charge in [-0.2, -0.15) is 0 Å². The Morgan fingerprint density at radius 2 is 1.73 bits per heavy atom. The first kappa shape index (κ1) is 24.1. The van der Waals surface area contributed by atoms with Gasteiger partial charge in [-0.3, -0.25) is 14.1 Å². The molecule has 0 aliphatic heterocycles. The van der Waals surface area contributed by atoms with Gasteiger partial charge in [-0.05, 0) is 60.4 Å². The maximum atomic E-state index is 13.5. The molecule has 8 heteroatoms. The van der Waals surface area contributed by atoms with E-state index in [0.717, 1.165) is 40.1 Å². The topological polar surface area (TPSA) is 63.4 Å². The third kappa shape index (κ3) is 4.53. The monoisotopic (exact) mass is 527 g/mol. The Balaban J connectivity index is 1.28. The van der Waals surface area contributed by atoms with Crippen LogP contribution in [0.1, 0.15) is 37.6 Å². The van der Waals surface area contributed by atoms with Gasteiger partial charge in [0.15, 0.2) is 10.8 Å². The molecule has 0 radical (unpaired) electrons. The second kappa shape index (κ2) is 9.58. The van der Waals surface area contributed by atoms with Crippen molar-refractivity contribution in [2.45, 2.75) is 45.2 Å². The summed E-state index contributed by atoms with van der Waals surface area (Å²) in [6.07, 6.45) is 5.14. The minimum absolute atomic E-state index is 0.0191. The van der Waals surface area contributed by atoms with E-state index in [1.165, 1.54) is 28.6 Å². The highest BCUT2D eigenvalue weighted by molar-refractivity contribution is 7.99. The number of hydrogen-bond donors (Lipinski definition) is 0. The van der Waals surface area contributed by atoms with E-state index < -0.39 is 0 Å². The lowest BCUT2D eigenvalue weighted by Crippen LogP contribution is -2.27. The van der Waals surface area contributed by atoms with E-state index in [2.05, 4.69) is 31.0 Å². The summed E-state index contributed by atoms with van der Waals surface area (Å²) in [5.74, 6) is 0.892. The van der Waals surface area contributed by atoms with Crippen molar-refractivity contribution in [1.29, 1.82) is 0 Å². The number of carbonyl (C=O) groups excluding carboxylic acids is 1. The van der Waals surface area contributed by atoms with Crippen LogP contribution in [0, 0.1) is 11.3 Å². The van der Waals surface area contributed by atoms with Crippen LogP contribution in [0.5, 0.6) is 0 Å². The molecule has 0 unspecified atom stereocenters. The molecular formula is C29H29N5OS2. The Bertz CT molecular complexity index is 1530. The van der Waals surface area contributed by atoms with Gasteiger partial charge in [0.1, 0.15) is 11.2 Å². The lowest BCUT2D eigenvalue weighted by atomic mass is 9.72. The van der Waals surface area contributed by atoms with Crippen LogP contribution in [0.25, 0.3) is 15.9 Å². The van der Waals surface area contributed by atoms with Crippen LogP contribution in [0.2, 0.25) is 0 Å². The van der Waals surface area contributed by atoms with Crippen LogP contribution in [0.3, 0.4) is 0 Å². The number of hydrogen-bond acceptors (Lipinski definition) is 6. The largest absolute Gasteiger partial charge is 0.280 e. The number of nitrogens with zero attached hydrogens (tertiary/aromatic N) is 5. The van der Waals surface area contributed by atoms with Crippen molar-refractivity contribution in [3.05, 3.63) is 77.4 Å². The quantitative estimate of drug-likeness (QED) is 0.232. The zero-order valence-corrected chi connectivity index (χ0v) is 22.9. The number of fused-ring (bicyclic) bond motifs is 5. The van der Waals surface area contributed by atoms with Gasteiger partial charge < -0.3 is 0 Å². The molecule has 0 saturated carbocycles. The van der Waals surface area contributed by atoms with Crippen LogP contribution in [-0.2, 0) is 17.6 Å². The number of benzene rings is 2. The number of anilines is 2. The molecule has 0 fully saturated rings. The second-order valence-corrected chi connectivity index (χ2v) is 12.6. The van der Waals surface area contributed by atoms with E-state index in [-0.39, 0.29) is 11.7 Å². The number of thiophene rings is 1. The first-order chi connectivity index (χ1) is 17.9. The first-order valence-corrected chi connectivity index (χ1v) is 14.4. The number of aromatic nitrogens is 4. The second-order valence-electron chi connectivity index (χ2n) is 10.6. The molecule has 1 aliphatic carbocycles. The normalized spacial score (nSPS) is 15.7. The summed E-state index contributed by atoms with van der Waals surface area (Å²) in [4.78, 5) is 22.5. The fourth-order valence-electron chi connectivity index (χ4n) is 5.17. The fourth-order valence-corrected chi connectivity index (χ4v) is 7.19. The van der Waals surface area contributed by atoms with Crippen molar-refractivity contribution in [2.24, 2.45) is 11.3 Å². The number of thioether (sulfide) groups is 1. The molecule has 1 atom stereocenters. The van der Waals surface area contributed by atoms with E-state index >= 15 is 0 Å². The van der Waals surface area contributed by atoms with Gasteiger partial charge in [0.2, 0.25) is 5.91 Å². The highest BCUT2D eigenvalue weighted by Crippen LogP contribution is 2.43. The lowest BCUT2D eigenvalue weighted by Gasteiger charge is -2.33. The van der Waals surface area contributed by atoms with E-state index in [9.17, 15) is 4.79 Å². The molecule has 6 rings (SSSR count). The molecule has 5 aromatic rings. The molecule has 3 heterocycles. The van der Waals surface area contributed by atoms with Crippen LogP contribution < -0.4 is 4.90 Å². The van der Waals surface area contributed by atoms with E-state index in [0.29, 0.717) is 16.5 Å². The molecule has 188 valence electrons. The van der Waals surface area contributed by atoms with Gasteiger partial charge >= 0.3 is 0 Å². The van der Waals surface area contributed by atoms with Gasteiger partial charge in [0.05, 0.1) is 11.1 Å². The maximum absolute atomic E-state index is 13.5. The number of rotatable bonds is 5. The summed E-state index contributed by atoms with van der Waals surface area (Å²) in [7, 11) is 0. The number of para-hydroxylation sites is 2. The zero-order chi connectivity index (χ0) is 25.6. The Hall–Kier alpha value is -3.23. The summed E-state index contributed by atoms with van der Waals surface area (Å²) in [5.41, 5.74) is 4.21. The van der Waals surface area contributed by atoms with E-state index in [1.807, 2.05) is 65.1 Å². The molecule has 1 amide bonds. The molecular weight excluding hydrogens is 498 g/mol. The summed E-state index contributed by atoms with van der Waals surface area (Å²) in [6, 6.07) is 19.5. The van der Waals surface area contributed by atoms with Crippen LogP contribution in [-0.4, -0.2) is 31.2 Å². The van der Waals surface area contributed by atoms with Crippen molar-refractivity contribution in [3.8, 4) is 0 Å². The highest BCUT2D eigenvalue weighted by atomic mass is 32.2. The smallest absolute Gasteiger partial charge is 0.242 e. The van der Waals surface area contributed by atoms with Crippen molar-refractivity contribution in [2.75, 3.05) is 10.7 Å². The minimum Gasteiger partial charge on any atom is -0.280 e. The maximum Gasteiger partial charge on any atom is 0.242 e. The van der Waals surface area contributed by atoms with Crippen LogP contribution in [0.4, 0.5) is 11.4 Å². The van der Waals surface area contributed by atoms with Crippen molar-refractivity contribution >= 4 is 56.2 Å². The van der Waals surface area contributed by atoms with Gasteiger partial charge in [-0.25, -0.2) is 4.98 Å². The Kier molecular flexibility index (Phi) is 6.24. The zero-order valence-electron chi connectivity index (χ0n) is 21.2. The van der Waals surface area contributed by atoms with Crippen LogP contribution >= 0.6 is 23.1 Å². The number of aryl methyl sites for hydroxylation is 1. The van der Waals surface area contributed by atoms with Crippen molar-refractivity contribution in [3.63, 3.8) is 0 Å². The third-order valence-electron chi connectivity index (χ3n) is 7.25. The molecule has 6 nitrogen and oxygen atoms in total. The lowest BCUT2D eigenvalue weighted by molar-refractivity contribution is -0.115. The Labute approximate surface area is 224 Å². The Morgan fingerprint density at radius 1 is 1.05 bits per heavy atom. The van der Waals surface area contributed by atoms with Crippen molar-refractivity contribution in [1.82, 2.24) is 19.6 Å². The average Bonchev–Trinajstić information content (AvgIpc) is 3.48. The molecule has 2 aromatic carbocycles. The predicted octanol–water partition coefficient (Wildman–Crippen LogP) is 6.95. The molecule has 0 saturated heterocycles. The van der Waals surface area contributed by atoms with E-state index in [1.54, 1.807) is 22.6 Å². The molecule has 0 bridgehead atoms. The average molecular weight is 528 g/mol. The third-order valence-corrected chi connectivity index (χ3v) is 9.34.